The maximum absolute atomic E-state index is 13.1. The lowest BCUT2D eigenvalue weighted by molar-refractivity contribution is 0.0977. The molecule has 2 aliphatic carbocycles. The highest BCUT2D eigenvalue weighted by atomic mass is 16.5. The van der Waals surface area contributed by atoms with Gasteiger partial charge in [0.2, 0.25) is 0 Å². The molecule has 0 spiro atoms. The fourth-order valence-corrected chi connectivity index (χ4v) is 5.36. The molecule has 10 heteroatoms. The standard InChI is InChI=1S/C32H24N2O8/c33-27-21(13-19(35)23-25(27)31(39)17-9-3-1-7-15(17)29(23)37)41-11-5-6-12-42-22-14-20(36)24-26(28(22)34)32(40)18-10-4-2-8-16(18)30(24)38/h1-4,7-10,13-14,35-36H,5-6,11-12,33-34H2. The van der Waals surface area contributed by atoms with Crippen LogP contribution in [-0.4, -0.2) is 46.6 Å². The van der Waals surface area contributed by atoms with Crippen LogP contribution in [0.1, 0.15) is 76.5 Å². The number of anilines is 2. The van der Waals surface area contributed by atoms with Crippen LogP contribution in [0.4, 0.5) is 11.4 Å². The molecule has 210 valence electrons. The van der Waals surface area contributed by atoms with Gasteiger partial charge in [-0.25, -0.2) is 0 Å². The van der Waals surface area contributed by atoms with Gasteiger partial charge >= 0.3 is 0 Å². The molecular formula is C32H24N2O8. The summed E-state index contributed by atoms with van der Waals surface area (Å²) in [5.74, 6) is -2.58. The maximum atomic E-state index is 13.1. The first-order valence-corrected chi connectivity index (χ1v) is 13.1. The smallest absolute Gasteiger partial charge is 0.198 e. The van der Waals surface area contributed by atoms with Crippen molar-refractivity contribution in [1.82, 2.24) is 0 Å². The van der Waals surface area contributed by atoms with Crippen molar-refractivity contribution in [2.24, 2.45) is 0 Å². The number of hydrogen-bond acceptors (Lipinski definition) is 10. The van der Waals surface area contributed by atoms with Gasteiger partial charge in [0.05, 0.1) is 46.8 Å². The van der Waals surface area contributed by atoms with E-state index in [-0.39, 0.29) is 80.6 Å². The zero-order chi connectivity index (χ0) is 29.7. The Morgan fingerprint density at radius 2 is 0.833 bits per heavy atom. The van der Waals surface area contributed by atoms with Crippen molar-refractivity contribution in [3.8, 4) is 23.0 Å². The lowest BCUT2D eigenvalue weighted by Crippen LogP contribution is -2.23. The number of phenols is 2. The zero-order valence-corrected chi connectivity index (χ0v) is 22.1. The number of phenolic OH excluding ortho intramolecular Hbond substituents is 2. The third-order valence-corrected chi connectivity index (χ3v) is 7.41. The van der Waals surface area contributed by atoms with E-state index in [4.69, 9.17) is 20.9 Å². The van der Waals surface area contributed by atoms with Gasteiger partial charge in [-0.05, 0) is 12.8 Å². The summed E-state index contributed by atoms with van der Waals surface area (Å²) in [6.45, 7) is 0.276. The summed E-state index contributed by atoms with van der Waals surface area (Å²) in [4.78, 5) is 52.0. The van der Waals surface area contributed by atoms with Crippen molar-refractivity contribution in [3.05, 3.63) is 105 Å². The van der Waals surface area contributed by atoms with E-state index in [9.17, 15) is 29.4 Å². The first-order valence-electron chi connectivity index (χ1n) is 13.1. The van der Waals surface area contributed by atoms with Crippen LogP contribution >= 0.6 is 0 Å². The first kappa shape index (κ1) is 26.6. The van der Waals surface area contributed by atoms with Gasteiger partial charge in [-0.2, -0.15) is 0 Å². The molecule has 6 rings (SSSR count). The second kappa shape index (κ2) is 10.1. The number of carbonyl (C=O) groups is 4. The average Bonchev–Trinajstić information content (AvgIpc) is 2.99. The van der Waals surface area contributed by atoms with Crippen LogP contribution in [0.25, 0.3) is 0 Å². The number of benzene rings is 4. The number of fused-ring (bicyclic) bond motifs is 4. The molecule has 0 atom stereocenters. The number of nitrogens with two attached hydrogens (primary N) is 2. The molecule has 0 aromatic heterocycles. The Bertz CT molecular complexity index is 1730. The minimum Gasteiger partial charge on any atom is -0.507 e. The van der Waals surface area contributed by atoms with Gasteiger partial charge in [-0.15, -0.1) is 0 Å². The summed E-state index contributed by atoms with van der Waals surface area (Å²) in [5, 5.41) is 21.1. The molecule has 0 unspecified atom stereocenters. The summed E-state index contributed by atoms with van der Waals surface area (Å²) in [6.07, 6.45) is 0.906. The molecule has 42 heavy (non-hydrogen) atoms. The van der Waals surface area contributed by atoms with Gasteiger partial charge in [0.15, 0.2) is 23.1 Å². The topological polar surface area (TPSA) is 179 Å². The molecule has 4 aromatic carbocycles. The molecule has 0 radical (unpaired) electrons. The molecule has 0 saturated carbocycles. The van der Waals surface area contributed by atoms with Gasteiger partial charge in [0.1, 0.15) is 23.0 Å². The van der Waals surface area contributed by atoms with Crippen molar-refractivity contribution in [2.45, 2.75) is 12.8 Å². The summed E-state index contributed by atoms with van der Waals surface area (Å²) in [5.41, 5.74) is 12.7. The van der Waals surface area contributed by atoms with Crippen LogP contribution in [-0.2, 0) is 0 Å². The molecule has 0 fully saturated rings. The third-order valence-electron chi connectivity index (χ3n) is 7.41. The number of aromatic hydroxyl groups is 2. The minimum atomic E-state index is -0.490. The van der Waals surface area contributed by atoms with E-state index >= 15 is 0 Å². The Morgan fingerprint density at radius 1 is 0.524 bits per heavy atom. The molecule has 2 aliphatic rings. The molecular weight excluding hydrogens is 540 g/mol. The SMILES string of the molecule is Nc1c(OCCCCOc2cc(O)c3c(c2N)C(=O)c2ccccc2C3=O)cc(O)c2c1C(=O)c1ccccc1C2=O. The predicted octanol–water partition coefficient (Wildman–Crippen LogP) is 4.05. The number of ether oxygens (including phenoxy) is 2. The number of carbonyl (C=O) groups excluding carboxylic acids is 4. The monoisotopic (exact) mass is 564 g/mol. The van der Waals surface area contributed by atoms with Crippen LogP contribution in [0.5, 0.6) is 23.0 Å². The minimum absolute atomic E-state index is 0.0370. The fourth-order valence-electron chi connectivity index (χ4n) is 5.36. The summed E-state index contributed by atoms with van der Waals surface area (Å²) in [6, 6.07) is 15.1. The molecule has 0 saturated heterocycles. The summed E-state index contributed by atoms with van der Waals surface area (Å²) in [7, 11) is 0. The van der Waals surface area contributed by atoms with E-state index < -0.39 is 34.6 Å². The number of ketones is 4. The first-order chi connectivity index (χ1) is 20.2. The van der Waals surface area contributed by atoms with Gasteiger partial charge in [-0.1, -0.05) is 48.5 Å². The van der Waals surface area contributed by atoms with Crippen molar-refractivity contribution in [1.29, 1.82) is 0 Å². The highest BCUT2D eigenvalue weighted by molar-refractivity contribution is 6.32. The highest BCUT2D eigenvalue weighted by Crippen LogP contribution is 2.42. The predicted molar refractivity (Wildman–Crippen MR) is 152 cm³/mol. The maximum Gasteiger partial charge on any atom is 0.198 e. The largest absolute Gasteiger partial charge is 0.507 e. The van der Waals surface area contributed by atoms with E-state index in [1.807, 2.05) is 0 Å². The van der Waals surface area contributed by atoms with Crippen LogP contribution in [0, 0.1) is 0 Å². The summed E-state index contributed by atoms with van der Waals surface area (Å²) < 4.78 is 11.5. The molecule has 6 N–H and O–H groups in total. The van der Waals surface area contributed by atoms with E-state index in [1.54, 1.807) is 24.3 Å². The van der Waals surface area contributed by atoms with Crippen LogP contribution < -0.4 is 20.9 Å². The second-order valence-electron chi connectivity index (χ2n) is 9.93. The van der Waals surface area contributed by atoms with Crippen LogP contribution in [0.3, 0.4) is 0 Å². The van der Waals surface area contributed by atoms with Crippen LogP contribution in [0.2, 0.25) is 0 Å². The van der Waals surface area contributed by atoms with E-state index in [0.29, 0.717) is 12.8 Å². The number of nitrogen functional groups attached to an aromatic ring is 2. The molecule has 0 aliphatic heterocycles. The number of hydrogen-bond donors (Lipinski definition) is 4. The molecule has 0 amide bonds. The molecule has 10 nitrogen and oxygen atoms in total. The summed E-state index contributed by atoms with van der Waals surface area (Å²) >= 11 is 0. The van der Waals surface area contributed by atoms with E-state index in [0.717, 1.165) is 0 Å². The Balaban J connectivity index is 1.11. The molecule has 0 heterocycles. The van der Waals surface area contributed by atoms with Crippen molar-refractivity contribution in [2.75, 3.05) is 24.7 Å². The Morgan fingerprint density at radius 3 is 1.17 bits per heavy atom. The Labute approximate surface area is 239 Å². The molecule has 4 aromatic rings. The number of unbranched alkanes of at least 4 members (excludes halogenated alkanes) is 1. The van der Waals surface area contributed by atoms with E-state index in [2.05, 4.69) is 0 Å². The highest BCUT2D eigenvalue weighted by Gasteiger charge is 2.36. The Hall–Kier alpha value is -5.64. The van der Waals surface area contributed by atoms with Crippen LogP contribution in [0.15, 0.2) is 60.7 Å². The van der Waals surface area contributed by atoms with Crippen molar-refractivity contribution >= 4 is 34.5 Å². The lowest BCUT2D eigenvalue weighted by Gasteiger charge is -2.22. The van der Waals surface area contributed by atoms with Gasteiger partial charge in [0.25, 0.3) is 0 Å². The van der Waals surface area contributed by atoms with Crippen molar-refractivity contribution < 1.29 is 38.9 Å². The quantitative estimate of drug-likeness (QED) is 0.126. The number of rotatable bonds is 7. The third kappa shape index (κ3) is 4.03. The van der Waals surface area contributed by atoms with Crippen molar-refractivity contribution in [3.63, 3.8) is 0 Å². The Kier molecular flexibility index (Phi) is 6.38. The molecule has 0 bridgehead atoms. The van der Waals surface area contributed by atoms with Gasteiger partial charge in [0, 0.05) is 34.4 Å². The van der Waals surface area contributed by atoms with Gasteiger partial charge in [-0.3, -0.25) is 19.2 Å². The second-order valence-corrected chi connectivity index (χ2v) is 9.93. The fraction of sp³-hybridized carbons (Fsp3) is 0.125. The zero-order valence-electron chi connectivity index (χ0n) is 22.1. The van der Waals surface area contributed by atoms with E-state index in [1.165, 1.54) is 36.4 Å². The lowest BCUT2D eigenvalue weighted by atomic mass is 9.82. The average molecular weight is 565 g/mol. The van der Waals surface area contributed by atoms with Gasteiger partial charge < -0.3 is 31.2 Å². The normalized spacial score (nSPS) is 13.2.